The van der Waals surface area contributed by atoms with Gasteiger partial charge in [0.15, 0.2) is 0 Å². The molecule has 2 aromatic carbocycles. The topological polar surface area (TPSA) is 12.0 Å². The number of benzene rings is 2. The van der Waals surface area contributed by atoms with Crippen LogP contribution in [0.3, 0.4) is 0 Å². The van der Waals surface area contributed by atoms with Crippen LogP contribution >= 0.6 is 0 Å². The average molecular weight is 269 g/mol. The number of hydrogen-bond acceptors (Lipinski definition) is 1. The number of halogens is 1. The van der Waals surface area contributed by atoms with Crippen LogP contribution in [0.4, 0.5) is 10.1 Å². The lowest BCUT2D eigenvalue weighted by atomic mass is 9.97. The fourth-order valence-corrected chi connectivity index (χ4v) is 2.88. The van der Waals surface area contributed by atoms with Gasteiger partial charge in [0.1, 0.15) is 5.82 Å². The zero-order valence-electron chi connectivity index (χ0n) is 12.2. The normalized spacial score (nSPS) is 17.1. The molecular weight excluding hydrogens is 249 g/mol. The van der Waals surface area contributed by atoms with E-state index in [4.69, 9.17) is 0 Å². The summed E-state index contributed by atoms with van der Waals surface area (Å²) in [4.78, 5) is 0. The Kier molecular flexibility index (Phi) is 3.25. The summed E-state index contributed by atoms with van der Waals surface area (Å²) < 4.78 is 13.9. The maximum atomic E-state index is 13.9. The second kappa shape index (κ2) is 4.93. The molecule has 1 aliphatic heterocycles. The zero-order chi connectivity index (χ0) is 14.3. The highest BCUT2D eigenvalue weighted by atomic mass is 19.1. The molecule has 1 aliphatic rings. The van der Waals surface area contributed by atoms with Crippen molar-refractivity contribution in [1.29, 1.82) is 0 Å². The third-order valence-corrected chi connectivity index (χ3v) is 4.20. The molecule has 0 fully saturated rings. The van der Waals surface area contributed by atoms with Crippen molar-refractivity contribution in [2.45, 2.75) is 39.2 Å². The quantitative estimate of drug-likeness (QED) is 0.812. The summed E-state index contributed by atoms with van der Waals surface area (Å²) in [7, 11) is 0. The number of fused-ring (bicyclic) bond motifs is 1. The van der Waals surface area contributed by atoms with Crippen molar-refractivity contribution in [3.63, 3.8) is 0 Å². The van der Waals surface area contributed by atoms with E-state index in [0.29, 0.717) is 5.92 Å². The molecule has 0 amide bonds. The van der Waals surface area contributed by atoms with E-state index >= 15 is 0 Å². The number of nitrogens with one attached hydrogen (secondary N) is 1. The van der Waals surface area contributed by atoms with Gasteiger partial charge in [0, 0.05) is 17.7 Å². The Hall–Kier alpha value is -1.83. The number of hydrogen-bond donors (Lipinski definition) is 1. The first-order valence-corrected chi connectivity index (χ1v) is 7.20. The van der Waals surface area contributed by atoms with Crippen molar-refractivity contribution in [1.82, 2.24) is 0 Å². The smallest absolute Gasteiger partial charge is 0.128 e. The number of rotatable bonds is 2. The minimum absolute atomic E-state index is 0.0978. The third kappa shape index (κ3) is 2.20. The van der Waals surface area contributed by atoms with Crippen LogP contribution in [0.25, 0.3) is 0 Å². The van der Waals surface area contributed by atoms with Crippen molar-refractivity contribution in [3.05, 3.63) is 64.5 Å². The molecule has 0 saturated carbocycles. The van der Waals surface area contributed by atoms with Crippen molar-refractivity contribution in [2.75, 3.05) is 5.32 Å². The van der Waals surface area contributed by atoms with Crippen LogP contribution in [0.15, 0.2) is 36.4 Å². The van der Waals surface area contributed by atoms with E-state index in [0.717, 1.165) is 23.2 Å². The van der Waals surface area contributed by atoms with Gasteiger partial charge in [-0.1, -0.05) is 44.2 Å². The van der Waals surface area contributed by atoms with Crippen LogP contribution in [0.5, 0.6) is 0 Å². The molecule has 0 aromatic heterocycles. The number of aryl methyl sites for hydroxylation is 1. The molecule has 0 saturated heterocycles. The van der Waals surface area contributed by atoms with E-state index in [1.807, 2.05) is 13.0 Å². The summed E-state index contributed by atoms with van der Waals surface area (Å²) in [5.74, 6) is 0.442. The van der Waals surface area contributed by atoms with Gasteiger partial charge < -0.3 is 5.32 Å². The summed E-state index contributed by atoms with van der Waals surface area (Å²) in [5, 5.41) is 3.47. The van der Waals surface area contributed by atoms with Gasteiger partial charge in [-0.25, -0.2) is 4.39 Å². The molecule has 1 unspecified atom stereocenters. The lowest BCUT2D eigenvalue weighted by molar-refractivity contribution is 0.610. The molecule has 1 nitrogen and oxygen atoms in total. The molecule has 1 heterocycles. The van der Waals surface area contributed by atoms with Gasteiger partial charge in [0.25, 0.3) is 0 Å². The predicted molar refractivity (Wildman–Crippen MR) is 81.7 cm³/mol. The molecule has 0 spiro atoms. The number of anilines is 1. The predicted octanol–water partition coefficient (Wildman–Crippen LogP) is 4.97. The van der Waals surface area contributed by atoms with Gasteiger partial charge in [0.05, 0.1) is 6.04 Å². The van der Waals surface area contributed by atoms with Crippen LogP contribution in [-0.2, 0) is 6.42 Å². The highest BCUT2D eigenvalue weighted by Crippen LogP contribution is 2.38. The van der Waals surface area contributed by atoms with E-state index in [1.165, 1.54) is 11.1 Å². The van der Waals surface area contributed by atoms with Crippen LogP contribution in [0, 0.1) is 12.7 Å². The van der Waals surface area contributed by atoms with Crippen LogP contribution in [0.1, 0.15) is 48.1 Å². The minimum Gasteiger partial charge on any atom is -0.377 e. The van der Waals surface area contributed by atoms with Crippen molar-refractivity contribution < 1.29 is 4.39 Å². The molecule has 0 radical (unpaired) electrons. The Balaban J connectivity index is 1.88. The summed E-state index contributed by atoms with van der Waals surface area (Å²) in [6, 6.07) is 12.3. The van der Waals surface area contributed by atoms with Crippen molar-refractivity contribution in [2.24, 2.45) is 0 Å². The fraction of sp³-hybridized carbons (Fsp3) is 0.333. The lowest BCUT2D eigenvalue weighted by Gasteiger charge is -2.14. The first kappa shape index (κ1) is 13.2. The Morgan fingerprint density at radius 3 is 2.40 bits per heavy atom. The summed E-state index contributed by atoms with van der Waals surface area (Å²) in [6.07, 6.45) is 0.726. The second-order valence-corrected chi connectivity index (χ2v) is 5.94. The van der Waals surface area contributed by atoms with Gasteiger partial charge in [-0.3, -0.25) is 0 Å². The highest BCUT2D eigenvalue weighted by molar-refractivity contribution is 5.63. The zero-order valence-corrected chi connectivity index (χ0v) is 12.2. The maximum absolute atomic E-state index is 13.9. The van der Waals surface area contributed by atoms with E-state index in [9.17, 15) is 4.39 Å². The maximum Gasteiger partial charge on any atom is 0.128 e. The lowest BCUT2D eigenvalue weighted by Crippen LogP contribution is -2.06. The van der Waals surface area contributed by atoms with Crippen LogP contribution < -0.4 is 5.32 Å². The molecule has 104 valence electrons. The van der Waals surface area contributed by atoms with Gasteiger partial charge in [-0.2, -0.15) is 0 Å². The second-order valence-electron chi connectivity index (χ2n) is 5.94. The van der Waals surface area contributed by atoms with Crippen LogP contribution in [0.2, 0.25) is 0 Å². The molecule has 2 heteroatoms. The fourth-order valence-electron chi connectivity index (χ4n) is 2.88. The monoisotopic (exact) mass is 269 g/mol. The Morgan fingerprint density at radius 1 is 1.10 bits per heavy atom. The average Bonchev–Trinajstić information content (AvgIpc) is 2.89. The summed E-state index contributed by atoms with van der Waals surface area (Å²) in [6.45, 7) is 6.41. The van der Waals surface area contributed by atoms with E-state index in [-0.39, 0.29) is 11.9 Å². The van der Waals surface area contributed by atoms with Gasteiger partial charge in [-0.05, 0) is 35.6 Å². The Bertz CT molecular complexity index is 598. The van der Waals surface area contributed by atoms with Crippen LogP contribution in [-0.4, -0.2) is 0 Å². The van der Waals surface area contributed by atoms with E-state index in [1.54, 1.807) is 6.07 Å². The largest absolute Gasteiger partial charge is 0.377 e. The Labute approximate surface area is 119 Å². The first-order valence-electron chi connectivity index (χ1n) is 7.20. The van der Waals surface area contributed by atoms with Gasteiger partial charge in [-0.15, -0.1) is 0 Å². The summed E-state index contributed by atoms with van der Waals surface area (Å²) in [5.41, 5.74) is 5.48. The molecule has 1 N–H and O–H groups in total. The summed E-state index contributed by atoms with van der Waals surface area (Å²) >= 11 is 0. The first-order chi connectivity index (χ1) is 9.56. The molecule has 0 aliphatic carbocycles. The minimum atomic E-state index is -0.0978. The highest BCUT2D eigenvalue weighted by Gasteiger charge is 2.26. The van der Waals surface area contributed by atoms with Gasteiger partial charge >= 0.3 is 0 Å². The molecule has 20 heavy (non-hydrogen) atoms. The third-order valence-electron chi connectivity index (χ3n) is 4.20. The van der Waals surface area contributed by atoms with E-state index < -0.39 is 0 Å². The van der Waals surface area contributed by atoms with E-state index in [2.05, 4.69) is 43.4 Å². The standard InChI is InChI=1S/C18H20FN/c1-11(2)13-5-7-14(8-6-13)17-10-15-16(19)9-4-12(3)18(15)20-17/h4-9,11,17,20H,10H2,1-3H3. The SMILES string of the molecule is Cc1ccc(F)c2c1NC(c1ccc(C(C)C)cc1)C2. The Morgan fingerprint density at radius 2 is 1.80 bits per heavy atom. The van der Waals surface area contributed by atoms with Crippen molar-refractivity contribution in [3.8, 4) is 0 Å². The van der Waals surface area contributed by atoms with Crippen molar-refractivity contribution >= 4 is 5.69 Å². The van der Waals surface area contributed by atoms with Gasteiger partial charge in [0.2, 0.25) is 0 Å². The molecule has 3 rings (SSSR count). The molecule has 2 aromatic rings. The molecular formula is C18H20FN. The molecule has 0 bridgehead atoms. The molecule has 1 atom stereocenters.